The Labute approximate surface area is 97.2 Å². The molecule has 0 aliphatic carbocycles. The molecule has 0 spiro atoms. The smallest absolute Gasteiger partial charge is 0.248 e. The van der Waals surface area contributed by atoms with E-state index in [4.69, 9.17) is 11.5 Å². The van der Waals surface area contributed by atoms with Crippen LogP contribution in [0.15, 0.2) is 12.1 Å². The van der Waals surface area contributed by atoms with Gasteiger partial charge in [0.25, 0.3) is 0 Å². The Hall–Kier alpha value is -1.53. The number of hydrogen-bond acceptors (Lipinski definition) is 3. The molecule has 0 radical (unpaired) electrons. The lowest BCUT2D eigenvalue weighted by Crippen LogP contribution is -2.33. The van der Waals surface area contributed by atoms with E-state index in [0.717, 1.165) is 12.1 Å². The maximum atomic E-state index is 13.5. The normalized spacial score (nSPS) is 18.7. The van der Waals surface area contributed by atoms with Crippen LogP contribution in [0.25, 0.3) is 0 Å². The van der Waals surface area contributed by atoms with Crippen LogP contribution in [0.5, 0.6) is 0 Å². The van der Waals surface area contributed by atoms with Crippen molar-refractivity contribution in [3.05, 3.63) is 29.3 Å². The molecule has 0 bridgehead atoms. The van der Waals surface area contributed by atoms with E-state index in [-0.39, 0.29) is 11.3 Å². The van der Waals surface area contributed by atoms with Crippen molar-refractivity contribution in [2.75, 3.05) is 18.0 Å². The Kier molecular flexibility index (Phi) is 3.08. The summed E-state index contributed by atoms with van der Waals surface area (Å²) in [5.74, 6) is -1.92. The first-order valence-electron chi connectivity index (χ1n) is 5.32. The Bertz CT molecular complexity index is 464. The second kappa shape index (κ2) is 4.38. The minimum absolute atomic E-state index is 0.0634. The van der Waals surface area contributed by atoms with Crippen molar-refractivity contribution in [3.8, 4) is 0 Å². The summed E-state index contributed by atoms with van der Waals surface area (Å²) in [4.78, 5) is 13.1. The SMILES string of the molecule is NCCCN1C(=O)C(N)c2c(F)cc(F)cc21. The number of benzene rings is 1. The second-order valence-corrected chi connectivity index (χ2v) is 3.93. The monoisotopic (exact) mass is 241 g/mol. The molecule has 1 amide bonds. The van der Waals surface area contributed by atoms with Crippen LogP contribution >= 0.6 is 0 Å². The van der Waals surface area contributed by atoms with Gasteiger partial charge < -0.3 is 16.4 Å². The summed E-state index contributed by atoms with van der Waals surface area (Å²) >= 11 is 0. The van der Waals surface area contributed by atoms with Crippen LogP contribution in [-0.2, 0) is 4.79 Å². The zero-order valence-electron chi connectivity index (χ0n) is 9.12. The molecule has 1 aromatic rings. The molecule has 1 aliphatic heterocycles. The highest BCUT2D eigenvalue weighted by atomic mass is 19.1. The molecule has 92 valence electrons. The van der Waals surface area contributed by atoms with Crippen LogP contribution in [0.4, 0.5) is 14.5 Å². The molecule has 0 saturated heterocycles. The lowest BCUT2D eigenvalue weighted by Gasteiger charge is -2.16. The first kappa shape index (κ1) is 11.9. The lowest BCUT2D eigenvalue weighted by atomic mass is 10.1. The van der Waals surface area contributed by atoms with Crippen molar-refractivity contribution < 1.29 is 13.6 Å². The molecule has 0 aromatic heterocycles. The fourth-order valence-electron chi connectivity index (χ4n) is 1.99. The third-order valence-corrected chi connectivity index (χ3v) is 2.79. The summed E-state index contributed by atoms with van der Waals surface area (Å²) in [6.45, 7) is 0.713. The van der Waals surface area contributed by atoms with Crippen molar-refractivity contribution in [3.63, 3.8) is 0 Å². The first-order valence-corrected chi connectivity index (χ1v) is 5.32. The van der Waals surface area contributed by atoms with E-state index in [1.165, 1.54) is 4.90 Å². The van der Waals surface area contributed by atoms with E-state index < -0.39 is 23.6 Å². The molecule has 1 aliphatic rings. The van der Waals surface area contributed by atoms with E-state index in [1.54, 1.807) is 0 Å². The number of anilines is 1. The summed E-state index contributed by atoms with van der Waals surface area (Å²) < 4.78 is 26.7. The number of nitrogens with zero attached hydrogens (tertiary/aromatic N) is 1. The third-order valence-electron chi connectivity index (χ3n) is 2.79. The standard InChI is InChI=1S/C11H13F2N3O/c12-6-4-7(13)9-8(5-6)16(3-1-2-14)11(17)10(9)15/h4-5,10H,1-3,14-15H2. The quantitative estimate of drug-likeness (QED) is 0.816. The van der Waals surface area contributed by atoms with Gasteiger partial charge in [0.05, 0.1) is 5.69 Å². The molecule has 17 heavy (non-hydrogen) atoms. The van der Waals surface area contributed by atoms with Crippen LogP contribution in [0.3, 0.4) is 0 Å². The molecular weight excluding hydrogens is 228 g/mol. The van der Waals surface area contributed by atoms with E-state index >= 15 is 0 Å². The van der Waals surface area contributed by atoms with Gasteiger partial charge in [0.1, 0.15) is 17.7 Å². The van der Waals surface area contributed by atoms with Gasteiger partial charge in [-0.15, -0.1) is 0 Å². The number of fused-ring (bicyclic) bond motifs is 1. The minimum Gasteiger partial charge on any atom is -0.330 e. The fraction of sp³-hybridized carbons (Fsp3) is 0.364. The Morgan fingerprint density at radius 3 is 2.71 bits per heavy atom. The molecule has 6 heteroatoms. The second-order valence-electron chi connectivity index (χ2n) is 3.93. The summed E-state index contributed by atoms with van der Waals surface area (Å²) in [7, 11) is 0. The Morgan fingerprint density at radius 2 is 2.06 bits per heavy atom. The van der Waals surface area contributed by atoms with Gasteiger partial charge in [-0.25, -0.2) is 8.78 Å². The van der Waals surface area contributed by atoms with Gasteiger partial charge in [-0.1, -0.05) is 0 Å². The summed E-state index contributed by atoms with van der Waals surface area (Å²) in [5.41, 5.74) is 11.2. The van der Waals surface area contributed by atoms with E-state index in [0.29, 0.717) is 19.5 Å². The number of carbonyl (C=O) groups excluding carboxylic acids is 1. The van der Waals surface area contributed by atoms with E-state index in [9.17, 15) is 13.6 Å². The average Bonchev–Trinajstić information content (AvgIpc) is 2.49. The van der Waals surface area contributed by atoms with Gasteiger partial charge in [0.15, 0.2) is 0 Å². The number of halogens is 2. The molecule has 1 heterocycles. The van der Waals surface area contributed by atoms with Gasteiger partial charge in [-0.05, 0) is 19.0 Å². The summed E-state index contributed by atoms with van der Waals surface area (Å²) in [6.07, 6.45) is 0.552. The zero-order chi connectivity index (χ0) is 12.6. The number of carbonyl (C=O) groups is 1. The molecule has 4 nitrogen and oxygen atoms in total. The van der Waals surface area contributed by atoms with Crippen LogP contribution in [0.1, 0.15) is 18.0 Å². The number of nitrogens with two attached hydrogens (primary N) is 2. The highest BCUT2D eigenvalue weighted by Crippen LogP contribution is 2.36. The highest BCUT2D eigenvalue weighted by Gasteiger charge is 2.37. The van der Waals surface area contributed by atoms with Crippen molar-refractivity contribution in [1.29, 1.82) is 0 Å². The molecule has 4 N–H and O–H groups in total. The van der Waals surface area contributed by atoms with Crippen molar-refractivity contribution in [1.82, 2.24) is 0 Å². The Balaban J connectivity index is 2.44. The summed E-state index contributed by atoms with van der Waals surface area (Å²) in [5, 5.41) is 0. The zero-order valence-corrected chi connectivity index (χ0v) is 9.12. The predicted molar refractivity (Wildman–Crippen MR) is 59.3 cm³/mol. The molecular formula is C11H13F2N3O. The van der Waals surface area contributed by atoms with E-state index in [2.05, 4.69) is 0 Å². The largest absolute Gasteiger partial charge is 0.330 e. The number of rotatable bonds is 3. The van der Waals surface area contributed by atoms with Crippen LogP contribution < -0.4 is 16.4 Å². The first-order chi connectivity index (χ1) is 8.06. The van der Waals surface area contributed by atoms with Crippen LogP contribution in [0.2, 0.25) is 0 Å². The van der Waals surface area contributed by atoms with Crippen LogP contribution in [-0.4, -0.2) is 19.0 Å². The lowest BCUT2D eigenvalue weighted by molar-refractivity contribution is -0.119. The molecule has 0 fully saturated rings. The molecule has 2 rings (SSSR count). The van der Waals surface area contributed by atoms with Crippen molar-refractivity contribution >= 4 is 11.6 Å². The molecule has 1 aromatic carbocycles. The number of hydrogen-bond donors (Lipinski definition) is 2. The predicted octanol–water partition coefficient (Wildman–Crippen LogP) is 0.660. The van der Waals surface area contributed by atoms with Gasteiger partial charge in [-0.2, -0.15) is 0 Å². The van der Waals surface area contributed by atoms with Gasteiger partial charge in [0, 0.05) is 18.2 Å². The molecule has 1 atom stereocenters. The van der Waals surface area contributed by atoms with E-state index in [1.807, 2.05) is 0 Å². The minimum atomic E-state index is -1.05. The maximum Gasteiger partial charge on any atom is 0.248 e. The fourth-order valence-corrected chi connectivity index (χ4v) is 1.99. The van der Waals surface area contributed by atoms with Gasteiger partial charge in [-0.3, -0.25) is 4.79 Å². The van der Waals surface area contributed by atoms with Gasteiger partial charge in [0.2, 0.25) is 5.91 Å². The maximum absolute atomic E-state index is 13.5. The number of amides is 1. The summed E-state index contributed by atoms with van der Waals surface area (Å²) in [6, 6.07) is 0.807. The third kappa shape index (κ3) is 1.89. The van der Waals surface area contributed by atoms with Crippen LogP contribution in [0, 0.1) is 11.6 Å². The topological polar surface area (TPSA) is 72.3 Å². The van der Waals surface area contributed by atoms with Gasteiger partial charge >= 0.3 is 0 Å². The highest BCUT2D eigenvalue weighted by molar-refractivity contribution is 6.04. The Morgan fingerprint density at radius 1 is 1.35 bits per heavy atom. The average molecular weight is 241 g/mol. The van der Waals surface area contributed by atoms with Crippen molar-refractivity contribution in [2.24, 2.45) is 11.5 Å². The molecule has 0 saturated carbocycles. The molecule has 1 unspecified atom stereocenters. The van der Waals surface area contributed by atoms with Crippen molar-refractivity contribution in [2.45, 2.75) is 12.5 Å².